The lowest BCUT2D eigenvalue weighted by Gasteiger charge is -2.15. The molecule has 122 valence electrons. The first-order valence-corrected chi connectivity index (χ1v) is 8.80. The van der Waals surface area contributed by atoms with Crippen LogP contribution >= 0.6 is 11.3 Å². The van der Waals surface area contributed by atoms with E-state index in [9.17, 15) is 10.1 Å². The summed E-state index contributed by atoms with van der Waals surface area (Å²) in [6.45, 7) is 3.14. The fourth-order valence-corrected chi connectivity index (χ4v) is 4.11. The third-order valence-corrected chi connectivity index (χ3v) is 5.60. The number of carbonyl (C=O) groups excluding carboxylic acids is 1. The molecule has 7 heteroatoms. The van der Waals surface area contributed by atoms with E-state index in [-0.39, 0.29) is 11.8 Å². The van der Waals surface area contributed by atoms with E-state index in [0.717, 1.165) is 36.0 Å². The minimum Gasteiger partial charge on any atom is -0.353 e. The Morgan fingerprint density at radius 2 is 2.12 bits per heavy atom. The van der Waals surface area contributed by atoms with E-state index in [1.54, 1.807) is 6.20 Å². The molecule has 1 fully saturated rings. The summed E-state index contributed by atoms with van der Waals surface area (Å²) in [5.41, 5.74) is 2.63. The van der Waals surface area contributed by atoms with Crippen molar-refractivity contribution in [2.45, 2.75) is 19.5 Å². The highest BCUT2D eigenvalue weighted by molar-refractivity contribution is 7.19. The number of nitriles is 1. The molecule has 6 nitrogen and oxygen atoms in total. The molecule has 2 aliphatic rings. The van der Waals surface area contributed by atoms with Gasteiger partial charge in [-0.2, -0.15) is 10.2 Å². The Bertz CT molecular complexity index is 780. The predicted molar refractivity (Wildman–Crippen MR) is 92.5 cm³/mol. The molecule has 2 aliphatic heterocycles. The summed E-state index contributed by atoms with van der Waals surface area (Å²) in [4.78, 5) is 20.2. The Kier molecular flexibility index (Phi) is 3.92. The Balaban J connectivity index is 1.52. The lowest BCUT2D eigenvalue weighted by atomic mass is 10.1. The molecular formula is C17H17N5OS. The second-order valence-corrected chi connectivity index (χ2v) is 7.06. The predicted octanol–water partition coefficient (Wildman–Crippen LogP) is 2.09. The monoisotopic (exact) mass is 339 g/mol. The van der Waals surface area contributed by atoms with Crippen LogP contribution in [0.4, 0.5) is 10.1 Å². The highest BCUT2D eigenvalue weighted by Crippen LogP contribution is 2.35. The van der Waals surface area contributed by atoms with Gasteiger partial charge >= 0.3 is 0 Å². The largest absolute Gasteiger partial charge is 0.353 e. The second-order valence-electron chi connectivity index (χ2n) is 6.07. The molecule has 1 aromatic heterocycles. The van der Waals surface area contributed by atoms with E-state index >= 15 is 0 Å². The van der Waals surface area contributed by atoms with Crippen molar-refractivity contribution in [3.05, 3.63) is 41.6 Å². The molecule has 0 radical (unpaired) electrons. The normalized spacial score (nSPS) is 19.1. The molecular weight excluding hydrogens is 322 g/mol. The Hall–Kier alpha value is -2.43. The summed E-state index contributed by atoms with van der Waals surface area (Å²) in [5, 5.41) is 14.0. The number of hydrogen-bond donors (Lipinski definition) is 1. The maximum Gasteiger partial charge on any atom is 0.246 e. The number of carbonyl (C=O) groups is 1. The van der Waals surface area contributed by atoms with E-state index < -0.39 is 0 Å². The Labute approximate surface area is 144 Å². The standard InChI is InChI=1S/C17H17N5OS/c18-11-22(16(23)12-5-6-19-7-12)17-20-8-15(24-17)21-9-13-3-1-2-4-14(13)10-21/h1-4,8,12,19H,5-7,9-10H2/t12-/m0/s1. The molecule has 0 bridgehead atoms. The summed E-state index contributed by atoms with van der Waals surface area (Å²) in [5.74, 6) is -0.291. The van der Waals surface area contributed by atoms with Gasteiger partial charge in [0.05, 0.1) is 12.1 Å². The number of fused-ring (bicyclic) bond motifs is 1. The van der Waals surface area contributed by atoms with Gasteiger partial charge in [-0.3, -0.25) is 4.79 Å². The van der Waals surface area contributed by atoms with E-state index in [4.69, 9.17) is 0 Å². The van der Waals surface area contributed by atoms with Gasteiger partial charge in [-0.05, 0) is 24.1 Å². The number of benzene rings is 1. The lowest BCUT2D eigenvalue weighted by Crippen LogP contribution is -2.33. The zero-order valence-corrected chi connectivity index (χ0v) is 13.9. The van der Waals surface area contributed by atoms with Gasteiger partial charge < -0.3 is 10.2 Å². The van der Waals surface area contributed by atoms with Crippen molar-refractivity contribution in [2.75, 3.05) is 22.9 Å². The minimum absolute atomic E-state index is 0.131. The summed E-state index contributed by atoms with van der Waals surface area (Å²) in [7, 11) is 0. The summed E-state index contributed by atoms with van der Waals surface area (Å²) >= 11 is 1.40. The highest BCUT2D eigenvalue weighted by atomic mass is 32.1. The van der Waals surface area contributed by atoms with Crippen LogP contribution in [0.5, 0.6) is 0 Å². The molecule has 0 unspecified atom stereocenters. The first-order valence-electron chi connectivity index (χ1n) is 7.98. The number of nitrogens with zero attached hydrogens (tertiary/aromatic N) is 4. The molecule has 1 atom stereocenters. The third kappa shape index (κ3) is 2.64. The molecule has 3 heterocycles. The maximum atomic E-state index is 12.5. The van der Waals surface area contributed by atoms with Crippen molar-refractivity contribution in [3.63, 3.8) is 0 Å². The Morgan fingerprint density at radius 1 is 1.38 bits per heavy atom. The van der Waals surface area contributed by atoms with Gasteiger partial charge in [-0.25, -0.2) is 4.98 Å². The highest BCUT2D eigenvalue weighted by Gasteiger charge is 2.30. The summed E-state index contributed by atoms with van der Waals surface area (Å²) in [6, 6.07) is 8.36. The van der Waals surface area contributed by atoms with Crippen LogP contribution in [0.25, 0.3) is 0 Å². The van der Waals surface area contributed by atoms with Crippen LogP contribution < -0.4 is 15.1 Å². The van der Waals surface area contributed by atoms with Crippen LogP contribution in [0.1, 0.15) is 17.5 Å². The number of aromatic nitrogens is 1. The minimum atomic E-state index is -0.159. The number of thiazole rings is 1. The van der Waals surface area contributed by atoms with E-state index in [0.29, 0.717) is 11.7 Å². The van der Waals surface area contributed by atoms with E-state index in [1.165, 1.54) is 22.5 Å². The zero-order chi connectivity index (χ0) is 16.5. The number of hydrogen-bond acceptors (Lipinski definition) is 6. The fraction of sp³-hybridized carbons (Fsp3) is 0.353. The molecule has 1 aromatic carbocycles. The van der Waals surface area contributed by atoms with Crippen molar-refractivity contribution < 1.29 is 4.79 Å². The number of amides is 1. The molecule has 2 aromatic rings. The van der Waals surface area contributed by atoms with E-state index in [2.05, 4.69) is 27.3 Å². The van der Waals surface area contributed by atoms with Crippen LogP contribution in [0.3, 0.4) is 0 Å². The van der Waals surface area contributed by atoms with Crippen molar-refractivity contribution in [1.82, 2.24) is 10.3 Å². The molecule has 0 saturated carbocycles. The average molecular weight is 339 g/mol. The van der Waals surface area contributed by atoms with Crippen molar-refractivity contribution in [1.29, 1.82) is 5.26 Å². The van der Waals surface area contributed by atoms with Crippen molar-refractivity contribution in [3.8, 4) is 6.19 Å². The molecule has 4 rings (SSSR count). The molecule has 0 spiro atoms. The fourth-order valence-electron chi connectivity index (χ4n) is 3.23. The smallest absolute Gasteiger partial charge is 0.246 e. The number of anilines is 2. The zero-order valence-electron chi connectivity index (χ0n) is 13.1. The quantitative estimate of drug-likeness (QED) is 0.685. The Morgan fingerprint density at radius 3 is 2.75 bits per heavy atom. The van der Waals surface area contributed by atoms with Gasteiger partial charge in [0.1, 0.15) is 5.00 Å². The van der Waals surface area contributed by atoms with E-state index in [1.807, 2.05) is 18.3 Å². The first-order chi connectivity index (χ1) is 11.8. The molecule has 1 amide bonds. The topological polar surface area (TPSA) is 72.3 Å². The van der Waals surface area contributed by atoms with Gasteiger partial charge in [0.2, 0.25) is 11.0 Å². The van der Waals surface area contributed by atoms with Crippen LogP contribution in [0, 0.1) is 17.4 Å². The summed E-state index contributed by atoms with van der Waals surface area (Å²) < 4.78 is 0. The number of nitrogens with one attached hydrogen (secondary N) is 1. The second kappa shape index (κ2) is 6.23. The van der Waals surface area contributed by atoms with Crippen molar-refractivity contribution in [2.24, 2.45) is 5.92 Å². The molecule has 1 saturated heterocycles. The van der Waals surface area contributed by atoms with Gasteiger partial charge in [-0.1, -0.05) is 35.6 Å². The van der Waals surface area contributed by atoms with Crippen LogP contribution in [-0.4, -0.2) is 24.0 Å². The van der Waals surface area contributed by atoms with Gasteiger partial charge in [0.25, 0.3) is 0 Å². The molecule has 24 heavy (non-hydrogen) atoms. The molecule has 1 N–H and O–H groups in total. The van der Waals surface area contributed by atoms with Gasteiger partial charge in [0.15, 0.2) is 6.19 Å². The van der Waals surface area contributed by atoms with Crippen LogP contribution in [-0.2, 0) is 17.9 Å². The van der Waals surface area contributed by atoms with Gasteiger partial charge in [0, 0.05) is 19.6 Å². The maximum absolute atomic E-state index is 12.5. The lowest BCUT2D eigenvalue weighted by molar-refractivity contribution is -0.121. The number of rotatable bonds is 3. The first kappa shape index (κ1) is 15.1. The van der Waals surface area contributed by atoms with Crippen molar-refractivity contribution >= 4 is 27.4 Å². The molecule has 0 aliphatic carbocycles. The van der Waals surface area contributed by atoms with Crippen LogP contribution in [0.2, 0.25) is 0 Å². The van der Waals surface area contributed by atoms with Crippen LogP contribution in [0.15, 0.2) is 30.5 Å². The SMILES string of the molecule is N#CN(C(=O)[C@H]1CCNC1)c1ncc(N2Cc3ccccc3C2)s1. The third-order valence-electron chi connectivity index (χ3n) is 4.55. The summed E-state index contributed by atoms with van der Waals surface area (Å²) in [6.07, 6.45) is 4.54. The van der Waals surface area contributed by atoms with Gasteiger partial charge in [-0.15, -0.1) is 0 Å². The average Bonchev–Trinajstić information content (AvgIpc) is 3.34.